The molecule has 0 fully saturated rings. The Labute approximate surface area is 92.7 Å². The molecule has 1 N–H and O–H groups in total. The Morgan fingerprint density at radius 3 is 2.67 bits per heavy atom. The minimum Gasteiger partial charge on any atom is -0.330 e. The van der Waals surface area contributed by atoms with Gasteiger partial charge in [0, 0.05) is 6.04 Å². The lowest BCUT2D eigenvalue weighted by atomic mass is 10.2. The SMILES string of the molecule is Cc1cc2c(cc1F)[nH]c(=S)n2C(C)C. The first-order chi connectivity index (χ1) is 7.00. The third-order valence-corrected chi connectivity index (χ3v) is 2.81. The number of aryl methyl sites for hydroxylation is 1. The normalized spacial score (nSPS) is 11.5. The molecule has 0 amide bonds. The Kier molecular flexibility index (Phi) is 2.38. The van der Waals surface area contributed by atoms with Crippen LogP contribution in [0.25, 0.3) is 11.0 Å². The van der Waals surface area contributed by atoms with E-state index in [0.29, 0.717) is 10.3 Å². The molecular weight excluding hydrogens is 211 g/mol. The standard InChI is InChI=1S/C11H13FN2S/c1-6(2)14-10-4-7(3)8(12)5-9(10)13-11(14)15/h4-6H,1-3H3,(H,13,15). The summed E-state index contributed by atoms with van der Waals surface area (Å²) in [6.07, 6.45) is 0. The highest BCUT2D eigenvalue weighted by Gasteiger charge is 2.09. The Hall–Kier alpha value is -1.16. The summed E-state index contributed by atoms with van der Waals surface area (Å²) < 4.78 is 16.0. The molecule has 1 heterocycles. The molecule has 0 aliphatic rings. The van der Waals surface area contributed by atoms with E-state index in [1.54, 1.807) is 6.92 Å². The van der Waals surface area contributed by atoms with Gasteiger partial charge in [-0.25, -0.2) is 4.39 Å². The van der Waals surface area contributed by atoms with Crippen molar-refractivity contribution in [1.82, 2.24) is 9.55 Å². The van der Waals surface area contributed by atoms with Crippen LogP contribution in [-0.4, -0.2) is 9.55 Å². The topological polar surface area (TPSA) is 20.7 Å². The summed E-state index contributed by atoms with van der Waals surface area (Å²) >= 11 is 5.20. The number of aromatic nitrogens is 2. The van der Waals surface area contributed by atoms with Crippen LogP contribution in [0, 0.1) is 17.5 Å². The number of rotatable bonds is 1. The van der Waals surface area contributed by atoms with Crippen molar-refractivity contribution in [2.24, 2.45) is 0 Å². The van der Waals surface area contributed by atoms with Gasteiger partial charge in [0.1, 0.15) is 5.82 Å². The quantitative estimate of drug-likeness (QED) is 0.732. The predicted octanol–water partition coefficient (Wildman–Crippen LogP) is 3.73. The molecule has 0 unspecified atom stereocenters. The van der Waals surface area contributed by atoms with Crippen LogP contribution in [-0.2, 0) is 0 Å². The maximum Gasteiger partial charge on any atom is 0.178 e. The van der Waals surface area contributed by atoms with Crippen LogP contribution >= 0.6 is 12.2 Å². The van der Waals surface area contributed by atoms with Gasteiger partial charge in [0.2, 0.25) is 0 Å². The molecule has 2 rings (SSSR count). The first kappa shape index (κ1) is 10.4. The van der Waals surface area contributed by atoms with Crippen LogP contribution in [0.4, 0.5) is 4.39 Å². The van der Waals surface area contributed by atoms with E-state index in [-0.39, 0.29) is 11.9 Å². The van der Waals surface area contributed by atoms with Crippen molar-refractivity contribution in [1.29, 1.82) is 0 Å². The Balaban J connectivity index is 2.88. The highest BCUT2D eigenvalue weighted by atomic mass is 32.1. The Morgan fingerprint density at radius 1 is 1.40 bits per heavy atom. The maximum absolute atomic E-state index is 13.3. The van der Waals surface area contributed by atoms with Gasteiger partial charge in [-0.1, -0.05) is 0 Å². The van der Waals surface area contributed by atoms with Crippen LogP contribution < -0.4 is 0 Å². The molecule has 1 aromatic carbocycles. The number of imidazole rings is 1. The number of nitrogens with zero attached hydrogens (tertiary/aromatic N) is 1. The summed E-state index contributed by atoms with van der Waals surface area (Å²) in [6, 6.07) is 3.60. The van der Waals surface area contributed by atoms with Gasteiger partial charge in [-0.15, -0.1) is 0 Å². The van der Waals surface area contributed by atoms with Crippen LogP contribution in [0.3, 0.4) is 0 Å². The molecule has 0 atom stereocenters. The summed E-state index contributed by atoms with van der Waals surface area (Å²) in [7, 11) is 0. The minimum absolute atomic E-state index is 0.199. The van der Waals surface area contributed by atoms with E-state index in [0.717, 1.165) is 11.0 Å². The van der Waals surface area contributed by atoms with Crippen molar-refractivity contribution in [2.75, 3.05) is 0 Å². The lowest BCUT2D eigenvalue weighted by Crippen LogP contribution is -2.00. The monoisotopic (exact) mass is 224 g/mol. The fourth-order valence-corrected chi connectivity index (χ4v) is 2.18. The summed E-state index contributed by atoms with van der Waals surface area (Å²) in [6.45, 7) is 5.87. The van der Waals surface area contributed by atoms with E-state index < -0.39 is 0 Å². The van der Waals surface area contributed by atoms with Gasteiger partial charge in [0.05, 0.1) is 11.0 Å². The fraction of sp³-hybridized carbons (Fsp3) is 0.364. The number of fused-ring (bicyclic) bond motifs is 1. The Bertz CT molecular complexity index is 566. The van der Waals surface area contributed by atoms with Gasteiger partial charge < -0.3 is 9.55 Å². The molecular formula is C11H13FN2S. The van der Waals surface area contributed by atoms with Crippen LogP contribution in [0.15, 0.2) is 12.1 Å². The lowest BCUT2D eigenvalue weighted by Gasteiger charge is -2.08. The van der Waals surface area contributed by atoms with Crippen molar-refractivity contribution < 1.29 is 4.39 Å². The second kappa shape index (κ2) is 3.45. The number of hydrogen-bond donors (Lipinski definition) is 1. The molecule has 0 aliphatic carbocycles. The zero-order valence-electron chi connectivity index (χ0n) is 8.97. The molecule has 1 aromatic heterocycles. The molecule has 15 heavy (non-hydrogen) atoms. The number of benzene rings is 1. The average molecular weight is 224 g/mol. The summed E-state index contributed by atoms with van der Waals surface area (Å²) in [5, 5.41) is 0. The van der Waals surface area contributed by atoms with Gasteiger partial charge in [0.15, 0.2) is 4.77 Å². The highest BCUT2D eigenvalue weighted by molar-refractivity contribution is 7.71. The van der Waals surface area contributed by atoms with E-state index in [4.69, 9.17) is 12.2 Å². The molecule has 0 radical (unpaired) electrons. The second-order valence-electron chi connectivity index (χ2n) is 4.01. The number of aromatic amines is 1. The predicted molar refractivity (Wildman–Crippen MR) is 62.2 cm³/mol. The van der Waals surface area contributed by atoms with E-state index in [9.17, 15) is 4.39 Å². The number of halogens is 1. The van der Waals surface area contributed by atoms with Gasteiger partial charge >= 0.3 is 0 Å². The summed E-state index contributed by atoms with van der Waals surface area (Å²) in [5.74, 6) is -0.199. The molecule has 0 bridgehead atoms. The van der Waals surface area contributed by atoms with Crippen LogP contribution in [0.5, 0.6) is 0 Å². The van der Waals surface area contributed by atoms with E-state index >= 15 is 0 Å². The molecule has 0 spiro atoms. The zero-order chi connectivity index (χ0) is 11.2. The van der Waals surface area contributed by atoms with Gasteiger partial charge in [0.25, 0.3) is 0 Å². The third-order valence-electron chi connectivity index (χ3n) is 2.51. The van der Waals surface area contributed by atoms with E-state index in [2.05, 4.69) is 18.8 Å². The number of nitrogens with one attached hydrogen (secondary N) is 1. The first-order valence-corrected chi connectivity index (χ1v) is 5.32. The summed E-state index contributed by atoms with van der Waals surface area (Å²) in [4.78, 5) is 3.01. The van der Waals surface area contributed by atoms with Crippen LogP contribution in [0.2, 0.25) is 0 Å². The van der Waals surface area contributed by atoms with Gasteiger partial charge in [-0.2, -0.15) is 0 Å². The highest BCUT2D eigenvalue weighted by Crippen LogP contribution is 2.21. The van der Waals surface area contributed by atoms with Crippen molar-refractivity contribution >= 4 is 23.3 Å². The van der Waals surface area contributed by atoms with Crippen molar-refractivity contribution in [3.63, 3.8) is 0 Å². The maximum atomic E-state index is 13.3. The molecule has 0 saturated heterocycles. The minimum atomic E-state index is -0.199. The molecule has 2 aromatic rings. The fourth-order valence-electron chi connectivity index (χ4n) is 1.76. The molecule has 0 aliphatic heterocycles. The summed E-state index contributed by atoms with van der Waals surface area (Å²) in [5.41, 5.74) is 2.37. The average Bonchev–Trinajstić information content (AvgIpc) is 2.41. The van der Waals surface area contributed by atoms with Gasteiger partial charge in [-0.05, 0) is 50.7 Å². The second-order valence-corrected chi connectivity index (χ2v) is 4.40. The molecule has 2 nitrogen and oxygen atoms in total. The Morgan fingerprint density at radius 2 is 2.07 bits per heavy atom. The number of H-pyrrole nitrogens is 1. The van der Waals surface area contributed by atoms with E-state index in [1.165, 1.54) is 6.07 Å². The first-order valence-electron chi connectivity index (χ1n) is 4.91. The van der Waals surface area contributed by atoms with Crippen molar-refractivity contribution in [3.8, 4) is 0 Å². The van der Waals surface area contributed by atoms with E-state index in [1.807, 2.05) is 10.6 Å². The van der Waals surface area contributed by atoms with Crippen molar-refractivity contribution in [3.05, 3.63) is 28.3 Å². The smallest absolute Gasteiger partial charge is 0.178 e. The number of hydrogen-bond acceptors (Lipinski definition) is 1. The van der Waals surface area contributed by atoms with Crippen molar-refractivity contribution in [2.45, 2.75) is 26.8 Å². The largest absolute Gasteiger partial charge is 0.330 e. The molecule has 4 heteroatoms. The lowest BCUT2D eigenvalue weighted by molar-refractivity contribution is 0.607. The zero-order valence-corrected chi connectivity index (χ0v) is 9.78. The van der Waals surface area contributed by atoms with Crippen LogP contribution in [0.1, 0.15) is 25.5 Å². The molecule has 0 saturated carbocycles. The third kappa shape index (κ3) is 1.59. The van der Waals surface area contributed by atoms with Gasteiger partial charge in [-0.3, -0.25) is 0 Å². The molecule has 80 valence electrons.